The molecule has 0 saturated carbocycles. The van der Waals surface area contributed by atoms with Crippen LogP contribution < -0.4 is 0 Å². The summed E-state index contributed by atoms with van der Waals surface area (Å²) in [5.74, 6) is 1.57. The van der Waals surface area contributed by atoms with Crippen molar-refractivity contribution in [3.63, 3.8) is 0 Å². The quantitative estimate of drug-likeness (QED) is 0.663. The van der Waals surface area contributed by atoms with Crippen LogP contribution >= 0.6 is 0 Å². The predicted octanol–water partition coefficient (Wildman–Crippen LogP) is 2.38. The lowest BCUT2D eigenvalue weighted by Crippen LogP contribution is -2.48. The van der Waals surface area contributed by atoms with Crippen molar-refractivity contribution in [2.45, 2.75) is 44.1 Å². The van der Waals surface area contributed by atoms with Crippen molar-refractivity contribution in [2.24, 2.45) is 0 Å². The molecule has 8 nitrogen and oxygen atoms in total. The molecule has 30 heavy (non-hydrogen) atoms. The number of likely N-dealkylation sites (N-methyl/N-ethyl adjacent to an activating group) is 1. The van der Waals surface area contributed by atoms with Crippen molar-refractivity contribution >= 4 is 11.6 Å². The summed E-state index contributed by atoms with van der Waals surface area (Å²) in [7, 11) is 1.95. The third-order valence-electron chi connectivity index (χ3n) is 6.54. The molecule has 3 aromatic heterocycles. The molecule has 2 aliphatic heterocycles. The number of aromatic nitrogens is 5. The minimum Gasteiger partial charge on any atom is -0.341 e. The highest BCUT2D eigenvalue weighted by Gasteiger charge is 2.30. The minimum atomic E-state index is 0.284. The molecule has 0 radical (unpaired) electrons. The molecule has 0 bridgehead atoms. The number of hydrogen-bond acceptors (Lipinski definition) is 6. The van der Waals surface area contributed by atoms with E-state index in [0.717, 1.165) is 68.0 Å². The van der Waals surface area contributed by atoms with Crippen LogP contribution in [-0.4, -0.2) is 73.2 Å². The smallest absolute Gasteiger partial charge is 0.222 e. The Labute approximate surface area is 175 Å². The van der Waals surface area contributed by atoms with E-state index in [9.17, 15) is 4.79 Å². The fourth-order valence-corrected chi connectivity index (χ4v) is 4.68. The highest BCUT2D eigenvalue weighted by atomic mass is 16.2. The van der Waals surface area contributed by atoms with Crippen molar-refractivity contribution in [1.29, 1.82) is 0 Å². The van der Waals surface area contributed by atoms with Crippen LogP contribution in [0.1, 0.15) is 43.8 Å². The van der Waals surface area contributed by atoms with E-state index < -0.39 is 0 Å². The van der Waals surface area contributed by atoms with Crippen LogP contribution in [-0.2, 0) is 4.79 Å². The molecular formula is C22H27N7O. The van der Waals surface area contributed by atoms with Crippen LogP contribution in [0.15, 0.2) is 36.7 Å². The SMILES string of the molecule is CN1C(=O)CCCC1CN1CCC(c2nnc3ccc(-c4cccnc4)nn23)CC1. The van der Waals surface area contributed by atoms with Gasteiger partial charge in [-0.2, -0.15) is 9.61 Å². The Morgan fingerprint density at radius 3 is 2.77 bits per heavy atom. The van der Waals surface area contributed by atoms with Gasteiger partial charge in [0, 0.05) is 49.9 Å². The van der Waals surface area contributed by atoms with Gasteiger partial charge in [-0.3, -0.25) is 9.78 Å². The van der Waals surface area contributed by atoms with Gasteiger partial charge in [0.15, 0.2) is 11.5 Å². The van der Waals surface area contributed by atoms with Crippen molar-refractivity contribution in [1.82, 2.24) is 34.6 Å². The second-order valence-electron chi connectivity index (χ2n) is 8.41. The number of carbonyl (C=O) groups excluding carboxylic acids is 1. The molecule has 1 amide bonds. The molecule has 2 fully saturated rings. The zero-order valence-corrected chi connectivity index (χ0v) is 17.3. The average Bonchev–Trinajstić information content (AvgIpc) is 3.21. The Morgan fingerprint density at radius 1 is 1.10 bits per heavy atom. The number of carbonyl (C=O) groups is 1. The first-order valence-corrected chi connectivity index (χ1v) is 10.8. The van der Waals surface area contributed by atoms with Crippen LogP contribution in [0.25, 0.3) is 16.9 Å². The normalized spacial score (nSPS) is 21.4. The Kier molecular flexibility index (Phi) is 5.16. The second-order valence-corrected chi connectivity index (χ2v) is 8.41. The van der Waals surface area contributed by atoms with Crippen molar-refractivity contribution < 1.29 is 4.79 Å². The van der Waals surface area contributed by atoms with Gasteiger partial charge in [-0.15, -0.1) is 10.2 Å². The van der Waals surface area contributed by atoms with Gasteiger partial charge >= 0.3 is 0 Å². The number of nitrogens with zero attached hydrogens (tertiary/aromatic N) is 7. The fourth-order valence-electron chi connectivity index (χ4n) is 4.68. The second kappa shape index (κ2) is 8.10. The molecule has 156 valence electrons. The summed E-state index contributed by atoms with van der Waals surface area (Å²) in [4.78, 5) is 20.6. The van der Waals surface area contributed by atoms with Crippen LogP contribution in [0.3, 0.4) is 0 Å². The summed E-state index contributed by atoms with van der Waals surface area (Å²) in [5, 5.41) is 13.6. The molecule has 8 heteroatoms. The van der Waals surface area contributed by atoms with E-state index in [0.29, 0.717) is 18.4 Å². The molecule has 0 spiro atoms. The lowest BCUT2D eigenvalue weighted by Gasteiger charge is -2.38. The van der Waals surface area contributed by atoms with Crippen molar-refractivity contribution in [3.05, 3.63) is 42.5 Å². The maximum atomic E-state index is 12.0. The summed E-state index contributed by atoms with van der Waals surface area (Å²) in [5.41, 5.74) is 2.64. The molecule has 2 aliphatic rings. The van der Waals surface area contributed by atoms with Gasteiger partial charge in [0.25, 0.3) is 0 Å². The maximum Gasteiger partial charge on any atom is 0.222 e. The largest absolute Gasteiger partial charge is 0.341 e. The Morgan fingerprint density at radius 2 is 1.97 bits per heavy atom. The first-order chi connectivity index (χ1) is 14.7. The maximum absolute atomic E-state index is 12.0. The lowest BCUT2D eigenvalue weighted by molar-refractivity contribution is -0.135. The summed E-state index contributed by atoms with van der Waals surface area (Å²) in [6, 6.07) is 8.21. The lowest BCUT2D eigenvalue weighted by atomic mass is 9.94. The van der Waals surface area contributed by atoms with Crippen molar-refractivity contribution in [2.75, 3.05) is 26.7 Å². The van der Waals surface area contributed by atoms with E-state index in [-0.39, 0.29) is 5.91 Å². The summed E-state index contributed by atoms with van der Waals surface area (Å²) < 4.78 is 1.90. The molecule has 5 rings (SSSR count). The van der Waals surface area contributed by atoms with Gasteiger partial charge in [0.1, 0.15) is 0 Å². The molecule has 0 aliphatic carbocycles. The summed E-state index contributed by atoms with van der Waals surface area (Å²) in [6.07, 6.45) is 8.47. The first kappa shape index (κ1) is 19.1. The van der Waals surface area contributed by atoms with Crippen LogP contribution in [0.2, 0.25) is 0 Å². The number of piperidine rings is 2. The molecule has 0 aromatic carbocycles. The highest BCUT2D eigenvalue weighted by Crippen LogP contribution is 2.28. The van der Waals surface area contributed by atoms with E-state index in [4.69, 9.17) is 5.10 Å². The molecule has 5 heterocycles. The number of rotatable bonds is 4. The van der Waals surface area contributed by atoms with Gasteiger partial charge < -0.3 is 9.80 Å². The number of fused-ring (bicyclic) bond motifs is 1. The standard InChI is InChI=1S/C22H27N7O/c1-27-18(5-2-6-21(27)30)15-28-12-9-16(10-13-28)22-25-24-20-8-7-19(26-29(20)22)17-4-3-11-23-14-17/h3-4,7-8,11,14,16,18H,2,5-6,9-10,12-13,15H2,1H3. The van der Waals surface area contributed by atoms with Gasteiger partial charge in [-0.1, -0.05) is 0 Å². The average molecular weight is 406 g/mol. The van der Waals surface area contributed by atoms with Gasteiger partial charge in [-0.25, -0.2) is 0 Å². The zero-order valence-electron chi connectivity index (χ0n) is 17.3. The molecule has 3 aromatic rings. The van der Waals surface area contributed by atoms with Crippen LogP contribution in [0.5, 0.6) is 0 Å². The third-order valence-corrected chi connectivity index (χ3v) is 6.54. The van der Waals surface area contributed by atoms with E-state index >= 15 is 0 Å². The Balaban J connectivity index is 1.28. The number of hydrogen-bond donors (Lipinski definition) is 0. The number of likely N-dealkylation sites (tertiary alicyclic amines) is 2. The van der Waals surface area contributed by atoms with E-state index in [1.165, 1.54) is 0 Å². The molecule has 1 atom stereocenters. The van der Waals surface area contributed by atoms with E-state index in [2.05, 4.69) is 20.1 Å². The van der Waals surface area contributed by atoms with Crippen LogP contribution in [0.4, 0.5) is 0 Å². The summed E-state index contributed by atoms with van der Waals surface area (Å²) in [6.45, 7) is 3.00. The minimum absolute atomic E-state index is 0.284. The van der Waals surface area contributed by atoms with Gasteiger partial charge in [-0.05, 0) is 63.0 Å². The topological polar surface area (TPSA) is 79.5 Å². The van der Waals surface area contributed by atoms with Crippen molar-refractivity contribution in [3.8, 4) is 11.3 Å². The molecule has 0 N–H and O–H groups in total. The van der Waals surface area contributed by atoms with Gasteiger partial charge in [0.2, 0.25) is 5.91 Å². The van der Waals surface area contributed by atoms with E-state index in [1.54, 1.807) is 6.20 Å². The first-order valence-electron chi connectivity index (χ1n) is 10.8. The third kappa shape index (κ3) is 3.67. The molecule has 2 saturated heterocycles. The number of amides is 1. The fraction of sp³-hybridized carbons (Fsp3) is 0.500. The summed E-state index contributed by atoms with van der Waals surface area (Å²) >= 11 is 0. The Bertz CT molecular complexity index is 1030. The van der Waals surface area contributed by atoms with E-state index in [1.807, 2.05) is 46.9 Å². The Hall–Kier alpha value is -2.87. The predicted molar refractivity (Wildman–Crippen MR) is 113 cm³/mol. The highest BCUT2D eigenvalue weighted by molar-refractivity contribution is 5.77. The van der Waals surface area contributed by atoms with Crippen LogP contribution in [0, 0.1) is 0 Å². The van der Waals surface area contributed by atoms with Gasteiger partial charge in [0.05, 0.1) is 5.69 Å². The molecule has 1 unspecified atom stereocenters. The number of pyridine rings is 1. The monoisotopic (exact) mass is 405 g/mol. The zero-order chi connectivity index (χ0) is 20.5. The molecular weight excluding hydrogens is 378 g/mol.